The van der Waals surface area contributed by atoms with Crippen molar-refractivity contribution in [2.24, 2.45) is 0 Å². The average Bonchev–Trinajstić information content (AvgIpc) is 2.16. The molecule has 0 aliphatic heterocycles. The summed E-state index contributed by atoms with van der Waals surface area (Å²) in [7, 11) is 0. The lowest BCUT2D eigenvalue weighted by atomic mass is 10.4. The molecule has 0 aromatic rings. The number of hydrogen-bond acceptors (Lipinski definition) is 1. The van der Waals surface area contributed by atoms with E-state index in [9.17, 15) is 0 Å². The van der Waals surface area contributed by atoms with Gasteiger partial charge in [0.15, 0.2) is 0 Å². The van der Waals surface area contributed by atoms with E-state index in [1.165, 1.54) is 0 Å². The van der Waals surface area contributed by atoms with Gasteiger partial charge in [-0.2, -0.15) is 0 Å². The highest BCUT2D eigenvalue weighted by molar-refractivity contribution is 5.09. The van der Waals surface area contributed by atoms with Gasteiger partial charge in [0.25, 0.3) is 0 Å². The van der Waals surface area contributed by atoms with Crippen LogP contribution in [0.1, 0.15) is 6.92 Å². The topological polar surface area (TPSA) is 12.0 Å². The molecule has 13 heavy (non-hydrogen) atoms. The van der Waals surface area contributed by atoms with Crippen LogP contribution >= 0.6 is 0 Å². The second-order valence-corrected chi connectivity index (χ2v) is 2.34. The Balaban J connectivity index is 3.39. The van der Waals surface area contributed by atoms with Gasteiger partial charge in [-0.25, -0.2) is 0 Å². The first-order valence-corrected chi connectivity index (χ1v) is 4.37. The molecule has 0 saturated carbocycles. The van der Waals surface area contributed by atoms with E-state index in [4.69, 9.17) is 0 Å². The minimum atomic E-state index is 0.850. The van der Waals surface area contributed by atoms with Crippen molar-refractivity contribution in [3.8, 4) is 0 Å². The molecule has 0 aliphatic rings. The van der Waals surface area contributed by atoms with E-state index in [0.717, 1.165) is 6.54 Å². The predicted molar refractivity (Wildman–Crippen MR) is 60.4 cm³/mol. The van der Waals surface area contributed by atoms with Crippen molar-refractivity contribution in [3.63, 3.8) is 0 Å². The molecule has 1 nitrogen and oxygen atoms in total. The fourth-order valence-electron chi connectivity index (χ4n) is 0.660. The lowest BCUT2D eigenvalue weighted by Gasteiger charge is -1.90. The van der Waals surface area contributed by atoms with Crippen LogP contribution < -0.4 is 5.32 Å². The van der Waals surface area contributed by atoms with Crippen LogP contribution in [-0.4, -0.2) is 6.54 Å². The van der Waals surface area contributed by atoms with Crippen LogP contribution in [0.3, 0.4) is 0 Å². The van der Waals surface area contributed by atoms with Crippen molar-refractivity contribution in [2.75, 3.05) is 6.54 Å². The Labute approximate surface area is 80.9 Å². The van der Waals surface area contributed by atoms with Gasteiger partial charge in [-0.05, 0) is 19.2 Å². The van der Waals surface area contributed by atoms with Gasteiger partial charge >= 0.3 is 0 Å². The molecule has 0 unspecified atom stereocenters. The quantitative estimate of drug-likeness (QED) is 0.483. The Morgan fingerprint density at radius 3 is 2.62 bits per heavy atom. The fourth-order valence-corrected chi connectivity index (χ4v) is 0.660. The fraction of sp³-hybridized carbons (Fsp3) is 0.167. The van der Waals surface area contributed by atoms with Gasteiger partial charge in [-0.15, -0.1) is 0 Å². The monoisotopic (exact) mass is 175 g/mol. The molecule has 70 valence electrons. The van der Waals surface area contributed by atoms with Crippen LogP contribution in [0, 0.1) is 0 Å². The summed E-state index contributed by atoms with van der Waals surface area (Å²) < 4.78 is 0. The molecule has 0 bridgehead atoms. The number of rotatable bonds is 6. The molecule has 0 aromatic carbocycles. The molecule has 0 saturated heterocycles. The Kier molecular flexibility index (Phi) is 9.29. The Morgan fingerprint density at radius 1 is 1.08 bits per heavy atom. The van der Waals surface area contributed by atoms with Crippen LogP contribution in [0.25, 0.3) is 0 Å². The Bertz CT molecular complexity index is 219. The molecule has 1 N–H and O–H groups in total. The summed E-state index contributed by atoms with van der Waals surface area (Å²) in [5.41, 5.74) is 0. The van der Waals surface area contributed by atoms with Crippen LogP contribution in [0.15, 0.2) is 61.4 Å². The third kappa shape index (κ3) is 10.5. The summed E-state index contributed by atoms with van der Waals surface area (Å²) in [6.45, 7) is 6.42. The summed E-state index contributed by atoms with van der Waals surface area (Å²) in [4.78, 5) is 0. The maximum absolute atomic E-state index is 3.57. The number of nitrogens with one attached hydrogen (secondary N) is 1. The summed E-state index contributed by atoms with van der Waals surface area (Å²) in [5, 5.41) is 3.12. The van der Waals surface area contributed by atoms with E-state index in [2.05, 4.69) is 18.0 Å². The summed E-state index contributed by atoms with van der Waals surface area (Å²) in [6, 6.07) is 0. The minimum Gasteiger partial charge on any atom is -0.387 e. The summed E-state index contributed by atoms with van der Waals surface area (Å²) >= 11 is 0. The first-order chi connectivity index (χ1) is 6.41. The van der Waals surface area contributed by atoms with E-state index in [0.29, 0.717) is 0 Å². The molecular formula is C12H17N. The van der Waals surface area contributed by atoms with Crippen LogP contribution in [0.2, 0.25) is 0 Å². The van der Waals surface area contributed by atoms with Crippen LogP contribution in [0.5, 0.6) is 0 Å². The molecule has 0 atom stereocenters. The zero-order valence-corrected chi connectivity index (χ0v) is 8.11. The largest absolute Gasteiger partial charge is 0.387 e. The second-order valence-electron chi connectivity index (χ2n) is 2.34. The highest BCUT2D eigenvalue weighted by atomic mass is 14.8. The van der Waals surface area contributed by atoms with Crippen LogP contribution in [-0.2, 0) is 0 Å². The third-order valence-electron chi connectivity index (χ3n) is 1.25. The molecule has 0 spiro atoms. The normalized spacial score (nSPS) is 12.4. The molecule has 0 radical (unpaired) electrons. The van der Waals surface area contributed by atoms with Crippen LogP contribution in [0.4, 0.5) is 0 Å². The molecular weight excluding hydrogens is 158 g/mol. The molecule has 0 heterocycles. The lowest BCUT2D eigenvalue weighted by molar-refractivity contribution is 0.986. The standard InChI is InChI=1S/C12H17N/c1-3-5-7-9-11-13-12-10-8-6-4-2/h3-11,13H,1,12H2,2H3/b6-4-,7-5-,10-8-,11-9+. The zero-order valence-electron chi connectivity index (χ0n) is 8.11. The van der Waals surface area contributed by atoms with Gasteiger partial charge in [0, 0.05) is 6.54 Å². The second kappa shape index (κ2) is 10.5. The van der Waals surface area contributed by atoms with E-state index in [1.807, 2.05) is 49.6 Å². The van der Waals surface area contributed by atoms with Crippen molar-refractivity contribution < 1.29 is 0 Å². The molecule has 0 fully saturated rings. The van der Waals surface area contributed by atoms with Crippen molar-refractivity contribution >= 4 is 0 Å². The van der Waals surface area contributed by atoms with E-state index < -0.39 is 0 Å². The van der Waals surface area contributed by atoms with Crippen molar-refractivity contribution in [3.05, 3.63) is 61.4 Å². The summed E-state index contributed by atoms with van der Waals surface area (Å²) in [5.74, 6) is 0. The smallest absolute Gasteiger partial charge is 0.0328 e. The zero-order chi connectivity index (χ0) is 9.78. The van der Waals surface area contributed by atoms with E-state index >= 15 is 0 Å². The van der Waals surface area contributed by atoms with Gasteiger partial charge in [-0.1, -0.05) is 49.1 Å². The van der Waals surface area contributed by atoms with Crippen molar-refractivity contribution in [1.82, 2.24) is 5.32 Å². The van der Waals surface area contributed by atoms with Gasteiger partial charge < -0.3 is 5.32 Å². The molecule has 0 aliphatic carbocycles. The van der Waals surface area contributed by atoms with Gasteiger partial charge in [0.05, 0.1) is 0 Å². The number of hydrogen-bond donors (Lipinski definition) is 1. The maximum Gasteiger partial charge on any atom is 0.0328 e. The van der Waals surface area contributed by atoms with Gasteiger partial charge in [0.2, 0.25) is 0 Å². The summed E-state index contributed by atoms with van der Waals surface area (Å²) in [6.07, 6.45) is 17.5. The average molecular weight is 175 g/mol. The highest BCUT2D eigenvalue weighted by Crippen LogP contribution is 1.77. The van der Waals surface area contributed by atoms with E-state index in [-0.39, 0.29) is 0 Å². The molecule has 0 amide bonds. The third-order valence-corrected chi connectivity index (χ3v) is 1.25. The first kappa shape index (κ1) is 11.5. The first-order valence-electron chi connectivity index (χ1n) is 4.37. The van der Waals surface area contributed by atoms with Crippen molar-refractivity contribution in [2.45, 2.75) is 6.92 Å². The highest BCUT2D eigenvalue weighted by Gasteiger charge is 1.69. The van der Waals surface area contributed by atoms with Gasteiger partial charge in [-0.3, -0.25) is 0 Å². The molecule has 0 rings (SSSR count). The van der Waals surface area contributed by atoms with E-state index in [1.54, 1.807) is 6.08 Å². The van der Waals surface area contributed by atoms with Crippen molar-refractivity contribution in [1.29, 1.82) is 0 Å². The maximum atomic E-state index is 3.57. The molecule has 1 heteroatoms. The predicted octanol–water partition coefficient (Wildman–Crippen LogP) is 2.96. The van der Waals surface area contributed by atoms with Gasteiger partial charge in [0.1, 0.15) is 0 Å². The minimum absolute atomic E-state index is 0.850. The SMILES string of the molecule is C=C/C=C\C=C\NC/C=C\C=C/C. The lowest BCUT2D eigenvalue weighted by Crippen LogP contribution is -2.02. The Morgan fingerprint density at radius 2 is 1.92 bits per heavy atom. The number of allylic oxidation sites excluding steroid dienone is 7. The Hall–Kier alpha value is -1.50. The molecule has 0 aromatic heterocycles.